The lowest BCUT2D eigenvalue weighted by Gasteiger charge is -2.37. The van der Waals surface area contributed by atoms with Crippen LogP contribution >= 0.6 is 15.9 Å². The fraction of sp³-hybridized carbons (Fsp3) is 0.147. The number of hydrogen-bond donors (Lipinski definition) is 1. The third-order valence-corrected chi connectivity index (χ3v) is 9.11. The number of nitrogens with one attached hydrogen (secondary N) is 1. The van der Waals surface area contributed by atoms with Gasteiger partial charge in [-0.05, 0) is 59.7 Å². The van der Waals surface area contributed by atoms with E-state index in [1.807, 2.05) is 77.7 Å². The second-order valence-electron chi connectivity index (χ2n) is 10.5. The predicted molar refractivity (Wildman–Crippen MR) is 162 cm³/mol. The van der Waals surface area contributed by atoms with Gasteiger partial charge < -0.3 is 15.0 Å². The number of nitrogens with zero attached hydrogens (tertiary/aromatic N) is 1. The van der Waals surface area contributed by atoms with E-state index in [1.54, 1.807) is 43.5 Å². The minimum absolute atomic E-state index is 0.204. The van der Waals surface area contributed by atoms with Gasteiger partial charge in [0.1, 0.15) is 17.2 Å². The molecule has 0 bridgehead atoms. The Kier molecular flexibility index (Phi) is 5.94. The van der Waals surface area contributed by atoms with Crippen LogP contribution in [0.25, 0.3) is 6.08 Å². The fourth-order valence-corrected chi connectivity index (χ4v) is 7.11. The Morgan fingerprint density at radius 2 is 1.51 bits per heavy atom. The standard InChI is InChI=1S/C34H25BrN2O4/c1-41-24-17-12-21(13-18-24)30(38)29-28-19-14-20-6-2-5-9-27(20)37(28)32(31(39)22-10-15-23(35)16-11-22)34(29)25-7-3-4-8-26(25)36-33(34)40/h2-19,28-29,32H,1H3,(H,36,40)/t28-,29+,32-,34-/m1/s1. The molecule has 3 aliphatic rings. The summed E-state index contributed by atoms with van der Waals surface area (Å²) in [5.74, 6) is -1.02. The Bertz CT molecular complexity index is 1750. The van der Waals surface area contributed by atoms with Crippen LogP contribution in [0.2, 0.25) is 0 Å². The van der Waals surface area contributed by atoms with Gasteiger partial charge in [-0.15, -0.1) is 0 Å². The van der Waals surface area contributed by atoms with E-state index in [0.717, 1.165) is 15.7 Å². The van der Waals surface area contributed by atoms with Gasteiger partial charge in [0.15, 0.2) is 11.6 Å². The van der Waals surface area contributed by atoms with Crippen molar-refractivity contribution in [1.29, 1.82) is 0 Å². The zero-order chi connectivity index (χ0) is 28.3. The van der Waals surface area contributed by atoms with Crippen molar-refractivity contribution in [2.75, 3.05) is 17.3 Å². The number of hydrogen-bond acceptors (Lipinski definition) is 5. The van der Waals surface area contributed by atoms with Gasteiger partial charge >= 0.3 is 0 Å². The highest BCUT2D eigenvalue weighted by molar-refractivity contribution is 9.10. The number of benzene rings is 4. The van der Waals surface area contributed by atoms with Gasteiger partial charge in [-0.3, -0.25) is 14.4 Å². The molecule has 4 atom stereocenters. The van der Waals surface area contributed by atoms with Crippen LogP contribution in [-0.4, -0.2) is 36.7 Å². The van der Waals surface area contributed by atoms with Crippen molar-refractivity contribution in [3.05, 3.63) is 130 Å². The highest BCUT2D eigenvalue weighted by Gasteiger charge is 2.70. The van der Waals surface area contributed by atoms with Crippen molar-refractivity contribution in [3.63, 3.8) is 0 Å². The Morgan fingerprint density at radius 3 is 2.27 bits per heavy atom. The van der Waals surface area contributed by atoms with Crippen LogP contribution in [0.3, 0.4) is 0 Å². The lowest BCUT2D eigenvalue weighted by atomic mass is 9.63. The maximum Gasteiger partial charge on any atom is 0.238 e. The van der Waals surface area contributed by atoms with Gasteiger partial charge in [0.25, 0.3) is 0 Å². The van der Waals surface area contributed by atoms with Crippen molar-refractivity contribution in [3.8, 4) is 5.75 Å². The second kappa shape index (κ2) is 9.56. The first-order chi connectivity index (χ1) is 19.9. The van der Waals surface area contributed by atoms with Crippen LogP contribution in [0.5, 0.6) is 5.75 Å². The second-order valence-corrected chi connectivity index (χ2v) is 11.4. The van der Waals surface area contributed by atoms with Crippen LogP contribution < -0.4 is 15.0 Å². The maximum atomic E-state index is 14.7. The number of para-hydroxylation sites is 2. The van der Waals surface area contributed by atoms with Crippen LogP contribution in [0.1, 0.15) is 31.8 Å². The molecule has 7 rings (SSSR count). The number of carbonyl (C=O) groups excluding carboxylic acids is 3. The number of anilines is 2. The molecule has 1 N–H and O–H groups in total. The van der Waals surface area contributed by atoms with Gasteiger partial charge in [-0.1, -0.05) is 76.6 Å². The average molecular weight is 605 g/mol. The van der Waals surface area contributed by atoms with Crippen molar-refractivity contribution in [2.45, 2.75) is 17.5 Å². The third-order valence-electron chi connectivity index (χ3n) is 8.58. The van der Waals surface area contributed by atoms with Gasteiger partial charge in [0.2, 0.25) is 5.91 Å². The molecule has 3 heterocycles. The molecule has 1 amide bonds. The normalized spacial score (nSPS) is 23.5. The molecule has 6 nitrogen and oxygen atoms in total. The third kappa shape index (κ3) is 3.65. The summed E-state index contributed by atoms with van der Waals surface area (Å²) in [6.45, 7) is 0. The molecule has 41 heavy (non-hydrogen) atoms. The molecular weight excluding hydrogens is 580 g/mol. The Balaban J connectivity index is 1.52. The smallest absolute Gasteiger partial charge is 0.238 e. The molecule has 0 unspecified atom stereocenters. The zero-order valence-electron chi connectivity index (χ0n) is 22.1. The lowest BCUT2D eigenvalue weighted by molar-refractivity contribution is -0.121. The van der Waals surface area contributed by atoms with Gasteiger partial charge in [-0.25, -0.2) is 0 Å². The molecule has 4 aromatic carbocycles. The number of ketones is 2. The molecular formula is C34H25BrN2O4. The fourth-order valence-electron chi connectivity index (χ4n) is 6.84. The highest BCUT2D eigenvalue weighted by atomic mass is 79.9. The van der Waals surface area contributed by atoms with E-state index in [-0.39, 0.29) is 17.5 Å². The van der Waals surface area contributed by atoms with E-state index in [9.17, 15) is 14.4 Å². The van der Waals surface area contributed by atoms with E-state index in [1.165, 1.54) is 0 Å². The van der Waals surface area contributed by atoms with Crippen molar-refractivity contribution < 1.29 is 19.1 Å². The van der Waals surface area contributed by atoms with E-state index in [2.05, 4.69) is 21.2 Å². The van der Waals surface area contributed by atoms with Crippen LogP contribution in [0.4, 0.5) is 11.4 Å². The van der Waals surface area contributed by atoms with E-state index >= 15 is 0 Å². The zero-order valence-corrected chi connectivity index (χ0v) is 23.7. The number of fused-ring (bicyclic) bond motifs is 5. The molecule has 0 saturated carbocycles. The number of rotatable bonds is 5. The summed E-state index contributed by atoms with van der Waals surface area (Å²) in [7, 11) is 1.57. The number of amides is 1. The van der Waals surface area contributed by atoms with Crippen molar-refractivity contribution >= 4 is 50.9 Å². The molecule has 202 valence electrons. The molecule has 0 aliphatic carbocycles. The van der Waals surface area contributed by atoms with Gasteiger partial charge in [0.05, 0.1) is 19.1 Å². The summed E-state index contributed by atoms with van der Waals surface area (Å²) in [5, 5.41) is 3.04. The van der Waals surface area contributed by atoms with E-state index in [0.29, 0.717) is 28.1 Å². The Hall–Kier alpha value is -4.49. The molecule has 1 fully saturated rings. The molecule has 4 aromatic rings. The summed E-state index contributed by atoms with van der Waals surface area (Å²) < 4.78 is 6.16. The van der Waals surface area contributed by atoms with Crippen LogP contribution in [-0.2, 0) is 10.2 Å². The van der Waals surface area contributed by atoms with Crippen molar-refractivity contribution in [2.24, 2.45) is 5.92 Å². The van der Waals surface area contributed by atoms with Gasteiger partial charge in [-0.2, -0.15) is 0 Å². The minimum Gasteiger partial charge on any atom is -0.497 e. The first kappa shape index (κ1) is 25.5. The molecule has 0 aromatic heterocycles. The summed E-state index contributed by atoms with van der Waals surface area (Å²) in [6.07, 6.45) is 3.96. The topological polar surface area (TPSA) is 75.7 Å². The lowest BCUT2D eigenvalue weighted by Crippen LogP contribution is -2.55. The number of carbonyl (C=O) groups is 3. The first-order valence-electron chi connectivity index (χ1n) is 13.4. The molecule has 1 saturated heterocycles. The number of Topliss-reactive ketones (excluding diaryl/α,β-unsaturated/α-hetero) is 2. The van der Waals surface area contributed by atoms with E-state index < -0.39 is 23.4 Å². The quantitative estimate of drug-likeness (QED) is 0.270. The largest absolute Gasteiger partial charge is 0.497 e. The molecule has 3 aliphatic heterocycles. The minimum atomic E-state index is -1.48. The summed E-state index contributed by atoms with van der Waals surface area (Å²) in [5.41, 5.74) is 2.47. The van der Waals surface area contributed by atoms with Crippen LogP contribution in [0.15, 0.2) is 108 Å². The highest BCUT2D eigenvalue weighted by Crippen LogP contribution is 2.58. The van der Waals surface area contributed by atoms with Gasteiger partial charge in [0, 0.05) is 27.0 Å². The molecule has 0 radical (unpaired) electrons. The molecule has 1 spiro atoms. The SMILES string of the molecule is COc1ccc(C(=O)[C@@H]2[C@H]3C=Cc4ccccc4N3[C@H](C(=O)c3ccc(Br)cc3)[C@]23C(=O)Nc2ccccc23)cc1. The Labute approximate surface area is 245 Å². The summed E-state index contributed by atoms with van der Waals surface area (Å²) >= 11 is 3.46. The van der Waals surface area contributed by atoms with E-state index in [4.69, 9.17) is 4.74 Å². The number of halogens is 1. The van der Waals surface area contributed by atoms with Crippen LogP contribution in [0, 0.1) is 5.92 Å². The monoisotopic (exact) mass is 604 g/mol. The molecule has 7 heteroatoms. The summed E-state index contributed by atoms with van der Waals surface area (Å²) in [6, 6.07) is 27.8. The average Bonchev–Trinajstić information content (AvgIpc) is 3.48. The van der Waals surface area contributed by atoms with Crippen molar-refractivity contribution in [1.82, 2.24) is 0 Å². The number of methoxy groups -OCH3 is 1. The predicted octanol–water partition coefficient (Wildman–Crippen LogP) is 6.31. The Morgan fingerprint density at radius 1 is 0.854 bits per heavy atom. The number of ether oxygens (including phenoxy) is 1. The first-order valence-corrected chi connectivity index (χ1v) is 14.2. The summed E-state index contributed by atoms with van der Waals surface area (Å²) in [4.78, 5) is 45.9. The maximum absolute atomic E-state index is 14.7.